The fourth-order valence-electron chi connectivity index (χ4n) is 2.35. The number of phenols is 3. The molecule has 3 heteroatoms. The molecule has 100 valence electrons. The molecule has 0 heterocycles. The average molecular weight is 258 g/mol. The van der Waals surface area contributed by atoms with Gasteiger partial charge in [-0.3, -0.25) is 0 Å². The van der Waals surface area contributed by atoms with Crippen molar-refractivity contribution in [3.8, 4) is 17.2 Å². The minimum absolute atomic E-state index is 0.120. The Kier molecular flexibility index (Phi) is 3.38. The molecule has 0 fully saturated rings. The van der Waals surface area contributed by atoms with E-state index in [2.05, 4.69) is 0 Å². The summed E-state index contributed by atoms with van der Waals surface area (Å²) in [4.78, 5) is 0. The van der Waals surface area contributed by atoms with E-state index in [4.69, 9.17) is 0 Å². The van der Waals surface area contributed by atoms with Crippen molar-refractivity contribution in [2.24, 2.45) is 0 Å². The molecule has 0 saturated heterocycles. The van der Waals surface area contributed by atoms with Crippen LogP contribution in [0.1, 0.15) is 27.8 Å². The summed E-state index contributed by atoms with van der Waals surface area (Å²) in [7, 11) is 0. The largest absolute Gasteiger partial charge is 0.508 e. The van der Waals surface area contributed by atoms with E-state index in [1.165, 1.54) is 12.1 Å². The maximum atomic E-state index is 10.1. The summed E-state index contributed by atoms with van der Waals surface area (Å²) in [5, 5.41) is 29.7. The second-order valence-electron chi connectivity index (χ2n) is 5.04. The third-order valence-electron chi connectivity index (χ3n) is 3.27. The first-order chi connectivity index (χ1) is 8.88. The molecule has 2 aromatic carbocycles. The maximum Gasteiger partial charge on any atom is 0.122 e. The fourth-order valence-corrected chi connectivity index (χ4v) is 2.35. The molecule has 0 aliphatic rings. The highest BCUT2D eigenvalue weighted by atomic mass is 16.3. The van der Waals surface area contributed by atoms with Crippen LogP contribution in [0.2, 0.25) is 0 Å². The lowest BCUT2D eigenvalue weighted by molar-refractivity contribution is 0.449. The second-order valence-corrected chi connectivity index (χ2v) is 5.04. The molecule has 0 spiro atoms. The van der Waals surface area contributed by atoms with Gasteiger partial charge >= 0.3 is 0 Å². The summed E-state index contributed by atoms with van der Waals surface area (Å²) in [6, 6.07) is 6.84. The number of benzene rings is 2. The van der Waals surface area contributed by atoms with Gasteiger partial charge in [0.25, 0.3) is 0 Å². The van der Waals surface area contributed by atoms with Gasteiger partial charge in [-0.15, -0.1) is 0 Å². The van der Waals surface area contributed by atoms with Gasteiger partial charge in [0, 0.05) is 12.0 Å². The van der Waals surface area contributed by atoms with Crippen LogP contribution in [-0.2, 0) is 6.42 Å². The van der Waals surface area contributed by atoms with Crippen LogP contribution in [0.15, 0.2) is 24.3 Å². The Bertz CT molecular complexity index is 575. The first-order valence-corrected chi connectivity index (χ1v) is 6.19. The van der Waals surface area contributed by atoms with Crippen LogP contribution < -0.4 is 0 Å². The van der Waals surface area contributed by atoms with Gasteiger partial charge in [-0.1, -0.05) is 17.7 Å². The summed E-state index contributed by atoms with van der Waals surface area (Å²) in [5.74, 6) is 0.525. The van der Waals surface area contributed by atoms with E-state index in [0.29, 0.717) is 17.5 Å². The molecule has 0 amide bonds. The zero-order valence-corrected chi connectivity index (χ0v) is 11.4. The molecule has 0 saturated carbocycles. The lowest BCUT2D eigenvalue weighted by Crippen LogP contribution is -1.94. The SMILES string of the molecule is Cc1cc(C)c(O)c(Cc2cc(O)cc(C)c2O)c1. The average Bonchev–Trinajstić information content (AvgIpc) is 2.31. The standard InChI is InChI=1S/C16H18O3/c1-9-4-10(2)15(18)12(5-9)7-13-8-14(17)6-11(3)16(13)19/h4-6,8,17-19H,7H2,1-3H3. The number of hydrogen-bond donors (Lipinski definition) is 3. The van der Waals surface area contributed by atoms with Crippen LogP contribution in [0.4, 0.5) is 0 Å². The van der Waals surface area contributed by atoms with Gasteiger partial charge in [-0.05, 0) is 49.6 Å². The van der Waals surface area contributed by atoms with Gasteiger partial charge in [0.15, 0.2) is 0 Å². The van der Waals surface area contributed by atoms with Crippen molar-refractivity contribution in [1.82, 2.24) is 0 Å². The van der Waals surface area contributed by atoms with Crippen molar-refractivity contribution in [3.63, 3.8) is 0 Å². The first kappa shape index (κ1) is 13.3. The molecule has 0 bridgehead atoms. The number of rotatable bonds is 2. The predicted molar refractivity (Wildman–Crippen MR) is 74.9 cm³/mol. The van der Waals surface area contributed by atoms with Crippen molar-refractivity contribution < 1.29 is 15.3 Å². The summed E-state index contributed by atoms with van der Waals surface area (Å²) in [6.07, 6.45) is 0.384. The van der Waals surface area contributed by atoms with E-state index in [0.717, 1.165) is 16.7 Å². The van der Waals surface area contributed by atoms with Gasteiger partial charge in [0.2, 0.25) is 0 Å². The predicted octanol–water partition coefficient (Wildman–Crippen LogP) is 3.32. The van der Waals surface area contributed by atoms with Crippen LogP contribution in [-0.4, -0.2) is 15.3 Å². The van der Waals surface area contributed by atoms with E-state index in [1.807, 2.05) is 26.0 Å². The molecule has 0 radical (unpaired) electrons. The van der Waals surface area contributed by atoms with Gasteiger partial charge in [-0.25, -0.2) is 0 Å². The number of aromatic hydroxyl groups is 3. The number of phenolic OH excluding ortho intramolecular Hbond substituents is 3. The normalized spacial score (nSPS) is 10.7. The van der Waals surface area contributed by atoms with Gasteiger partial charge in [0.05, 0.1) is 0 Å². The van der Waals surface area contributed by atoms with Crippen molar-refractivity contribution >= 4 is 0 Å². The molecule has 0 unspecified atom stereocenters. The highest BCUT2D eigenvalue weighted by Crippen LogP contribution is 2.32. The Morgan fingerprint density at radius 2 is 1.26 bits per heavy atom. The molecule has 2 rings (SSSR count). The summed E-state index contributed by atoms with van der Waals surface area (Å²) >= 11 is 0. The van der Waals surface area contributed by atoms with E-state index in [-0.39, 0.29) is 17.2 Å². The minimum atomic E-state index is 0.120. The summed E-state index contributed by atoms with van der Waals surface area (Å²) < 4.78 is 0. The van der Waals surface area contributed by atoms with Crippen LogP contribution in [0.5, 0.6) is 17.2 Å². The van der Waals surface area contributed by atoms with Crippen LogP contribution in [0, 0.1) is 20.8 Å². The van der Waals surface area contributed by atoms with E-state index in [1.54, 1.807) is 6.92 Å². The smallest absolute Gasteiger partial charge is 0.122 e. The lowest BCUT2D eigenvalue weighted by Gasteiger charge is -2.12. The minimum Gasteiger partial charge on any atom is -0.508 e. The number of aryl methyl sites for hydroxylation is 3. The zero-order valence-electron chi connectivity index (χ0n) is 11.4. The molecule has 0 aromatic heterocycles. The Morgan fingerprint density at radius 1 is 0.737 bits per heavy atom. The second kappa shape index (κ2) is 4.84. The quantitative estimate of drug-likeness (QED) is 0.724. The molecule has 3 nitrogen and oxygen atoms in total. The lowest BCUT2D eigenvalue weighted by atomic mass is 9.97. The maximum absolute atomic E-state index is 10.1. The fraction of sp³-hybridized carbons (Fsp3) is 0.250. The third-order valence-corrected chi connectivity index (χ3v) is 3.27. The third kappa shape index (κ3) is 2.65. The van der Waals surface area contributed by atoms with Gasteiger partial charge < -0.3 is 15.3 Å². The molecule has 0 atom stereocenters. The van der Waals surface area contributed by atoms with Crippen LogP contribution in [0.3, 0.4) is 0 Å². The Morgan fingerprint density at radius 3 is 1.89 bits per heavy atom. The van der Waals surface area contributed by atoms with E-state index >= 15 is 0 Å². The Balaban J connectivity index is 2.47. The van der Waals surface area contributed by atoms with Crippen molar-refractivity contribution in [2.45, 2.75) is 27.2 Å². The Labute approximate surface area is 112 Å². The molecular formula is C16H18O3. The number of hydrogen-bond acceptors (Lipinski definition) is 3. The van der Waals surface area contributed by atoms with E-state index in [9.17, 15) is 15.3 Å². The van der Waals surface area contributed by atoms with Crippen molar-refractivity contribution in [1.29, 1.82) is 0 Å². The van der Waals surface area contributed by atoms with E-state index < -0.39 is 0 Å². The summed E-state index contributed by atoms with van der Waals surface area (Å²) in [6.45, 7) is 5.54. The molecule has 19 heavy (non-hydrogen) atoms. The molecule has 3 N–H and O–H groups in total. The van der Waals surface area contributed by atoms with Gasteiger partial charge in [-0.2, -0.15) is 0 Å². The van der Waals surface area contributed by atoms with Crippen molar-refractivity contribution in [2.75, 3.05) is 0 Å². The monoisotopic (exact) mass is 258 g/mol. The van der Waals surface area contributed by atoms with Crippen molar-refractivity contribution in [3.05, 3.63) is 52.1 Å². The Hall–Kier alpha value is -2.16. The highest BCUT2D eigenvalue weighted by molar-refractivity contribution is 5.50. The molecule has 2 aromatic rings. The zero-order chi connectivity index (χ0) is 14.2. The molecular weight excluding hydrogens is 240 g/mol. The molecule has 0 aliphatic heterocycles. The molecule has 0 aliphatic carbocycles. The highest BCUT2D eigenvalue weighted by Gasteiger charge is 2.11. The topological polar surface area (TPSA) is 60.7 Å². The van der Waals surface area contributed by atoms with Crippen LogP contribution >= 0.6 is 0 Å². The first-order valence-electron chi connectivity index (χ1n) is 6.19. The van der Waals surface area contributed by atoms with Gasteiger partial charge in [0.1, 0.15) is 17.2 Å². The van der Waals surface area contributed by atoms with Crippen LogP contribution in [0.25, 0.3) is 0 Å². The summed E-state index contributed by atoms with van der Waals surface area (Å²) in [5.41, 5.74) is 3.85.